The molecule has 0 amide bonds. The summed E-state index contributed by atoms with van der Waals surface area (Å²) in [4.78, 5) is 12.8. The predicted molar refractivity (Wildman–Crippen MR) is 150 cm³/mol. The molecule has 0 aliphatic heterocycles. The highest BCUT2D eigenvalue weighted by molar-refractivity contribution is 7.90. The van der Waals surface area contributed by atoms with Crippen LogP contribution in [0.5, 0.6) is 0 Å². The van der Waals surface area contributed by atoms with E-state index in [-0.39, 0.29) is 10.9 Å². The number of aliphatic hydroxyl groups is 1. The van der Waals surface area contributed by atoms with Crippen LogP contribution in [0.25, 0.3) is 10.9 Å². The molecule has 2 atom stereocenters. The molecular formula is C29H31ClN2O5S. The van der Waals surface area contributed by atoms with E-state index < -0.39 is 21.9 Å². The quantitative estimate of drug-likeness (QED) is 0.274. The van der Waals surface area contributed by atoms with Crippen LogP contribution in [-0.2, 0) is 27.5 Å². The minimum atomic E-state index is -3.29. The van der Waals surface area contributed by atoms with Crippen molar-refractivity contribution in [2.75, 3.05) is 19.9 Å². The second-order valence-corrected chi connectivity index (χ2v) is 12.0. The van der Waals surface area contributed by atoms with Gasteiger partial charge in [-0.2, -0.15) is 0 Å². The van der Waals surface area contributed by atoms with E-state index in [1.54, 1.807) is 36.4 Å². The monoisotopic (exact) mass is 554 g/mol. The number of fused-ring (bicyclic) bond motifs is 1. The molecule has 3 aromatic carbocycles. The molecule has 1 aromatic heterocycles. The Morgan fingerprint density at radius 1 is 1.05 bits per heavy atom. The summed E-state index contributed by atoms with van der Waals surface area (Å²) in [6, 6.07) is 21.8. The number of hydrogen-bond acceptors (Lipinski definition) is 6. The van der Waals surface area contributed by atoms with Crippen molar-refractivity contribution in [2.45, 2.75) is 36.9 Å². The Kier molecular flexibility index (Phi) is 8.57. The molecule has 200 valence electrons. The maximum absolute atomic E-state index is 12.6. The highest BCUT2D eigenvalue weighted by Gasteiger charge is 2.18. The number of nitrogens with one attached hydrogen (secondary N) is 1. The zero-order chi connectivity index (χ0) is 27.4. The summed E-state index contributed by atoms with van der Waals surface area (Å²) in [7, 11) is -1.94. The van der Waals surface area contributed by atoms with E-state index in [1.807, 2.05) is 34.9 Å². The maximum atomic E-state index is 12.6. The molecule has 38 heavy (non-hydrogen) atoms. The predicted octanol–water partition coefficient (Wildman–Crippen LogP) is 4.79. The van der Waals surface area contributed by atoms with Crippen molar-refractivity contribution in [3.05, 3.63) is 100 Å². The molecule has 4 rings (SSSR count). The minimum absolute atomic E-state index is 0.0943. The van der Waals surface area contributed by atoms with Crippen LogP contribution in [0.3, 0.4) is 0 Å². The number of aromatic nitrogens is 1. The first-order valence-corrected chi connectivity index (χ1v) is 14.5. The van der Waals surface area contributed by atoms with Gasteiger partial charge in [-0.05, 0) is 72.5 Å². The molecule has 0 saturated carbocycles. The molecule has 0 radical (unpaired) electrons. The number of carbonyl (C=O) groups is 1. The Labute approximate surface area is 227 Å². The third kappa shape index (κ3) is 6.63. The van der Waals surface area contributed by atoms with Crippen molar-refractivity contribution in [3.8, 4) is 0 Å². The second kappa shape index (κ2) is 11.7. The summed E-state index contributed by atoms with van der Waals surface area (Å²) in [6.07, 6.45) is 1.23. The Morgan fingerprint density at radius 3 is 2.42 bits per heavy atom. The summed E-state index contributed by atoms with van der Waals surface area (Å²) in [5.74, 6) is -0.444. The molecule has 0 aliphatic carbocycles. The van der Waals surface area contributed by atoms with E-state index in [0.29, 0.717) is 23.8 Å². The Morgan fingerprint density at radius 2 is 1.76 bits per heavy atom. The number of halogens is 1. The van der Waals surface area contributed by atoms with E-state index >= 15 is 0 Å². The third-order valence-electron chi connectivity index (χ3n) is 6.49. The van der Waals surface area contributed by atoms with Crippen LogP contribution in [0.15, 0.2) is 77.7 Å². The van der Waals surface area contributed by atoms with Gasteiger partial charge in [-0.25, -0.2) is 13.2 Å². The summed E-state index contributed by atoms with van der Waals surface area (Å²) in [6.45, 7) is 2.83. The minimum Gasteiger partial charge on any atom is -0.464 e. The van der Waals surface area contributed by atoms with Gasteiger partial charge in [-0.3, -0.25) is 0 Å². The van der Waals surface area contributed by atoms with Crippen molar-refractivity contribution >= 4 is 38.3 Å². The van der Waals surface area contributed by atoms with Crippen LogP contribution < -0.4 is 5.32 Å². The van der Waals surface area contributed by atoms with E-state index in [9.17, 15) is 18.3 Å². The van der Waals surface area contributed by atoms with Gasteiger partial charge in [0.05, 0.1) is 18.1 Å². The maximum Gasteiger partial charge on any atom is 0.354 e. The number of rotatable bonds is 10. The van der Waals surface area contributed by atoms with Crippen LogP contribution in [0.2, 0.25) is 5.02 Å². The molecule has 7 nitrogen and oxygen atoms in total. The average molecular weight is 555 g/mol. The number of esters is 1. The van der Waals surface area contributed by atoms with Crippen LogP contribution >= 0.6 is 11.6 Å². The summed E-state index contributed by atoms with van der Waals surface area (Å²) in [5, 5.41) is 15.4. The van der Waals surface area contributed by atoms with Gasteiger partial charge in [0.2, 0.25) is 0 Å². The fourth-order valence-electron chi connectivity index (χ4n) is 4.49. The molecule has 0 aliphatic rings. The first kappa shape index (κ1) is 27.9. The average Bonchev–Trinajstić information content (AvgIpc) is 3.24. The fourth-order valence-corrected chi connectivity index (χ4v) is 5.32. The van der Waals surface area contributed by atoms with Gasteiger partial charge in [0.15, 0.2) is 9.84 Å². The largest absolute Gasteiger partial charge is 0.464 e. The number of ether oxygens (including phenoxy) is 1. The lowest BCUT2D eigenvalue weighted by Crippen LogP contribution is -2.32. The molecular weight excluding hydrogens is 524 g/mol. The van der Waals surface area contributed by atoms with Gasteiger partial charge in [0.25, 0.3) is 0 Å². The smallest absolute Gasteiger partial charge is 0.354 e. The molecule has 1 heterocycles. The van der Waals surface area contributed by atoms with Gasteiger partial charge in [0, 0.05) is 41.3 Å². The first-order valence-electron chi connectivity index (χ1n) is 12.2. The molecule has 2 unspecified atom stereocenters. The summed E-state index contributed by atoms with van der Waals surface area (Å²) < 4.78 is 30.5. The Balaban J connectivity index is 1.51. The number of carbonyl (C=O) groups excluding carboxylic acids is 1. The molecule has 9 heteroatoms. The zero-order valence-electron chi connectivity index (χ0n) is 21.5. The number of nitrogens with zero attached hydrogens (tertiary/aromatic N) is 1. The number of methoxy groups -OCH3 is 1. The molecule has 2 N–H and O–H groups in total. The van der Waals surface area contributed by atoms with Crippen molar-refractivity contribution in [3.63, 3.8) is 0 Å². The second-order valence-electron chi connectivity index (χ2n) is 9.50. The fraction of sp³-hybridized carbons (Fsp3) is 0.276. The van der Waals surface area contributed by atoms with Gasteiger partial charge in [-0.15, -0.1) is 0 Å². The van der Waals surface area contributed by atoms with Crippen molar-refractivity contribution in [1.82, 2.24) is 9.88 Å². The number of aliphatic hydroxyl groups excluding tert-OH is 1. The van der Waals surface area contributed by atoms with Gasteiger partial charge < -0.3 is 19.7 Å². The van der Waals surface area contributed by atoms with E-state index in [1.165, 1.54) is 13.4 Å². The van der Waals surface area contributed by atoms with Crippen molar-refractivity contribution in [1.29, 1.82) is 0 Å². The highest BCUT2D eigenvalue weighted by atomic mass is 35.5. The topological polar surface area (TPSA) is 97.6 Å². The zero-order valence-corrected chi connectivity index (χ0v) is 23.1. The number of benzene rings is 3. The van der Waals surface area contributed by atoms with Crippen molar-refractivity contribution in [2.24, 2.45) is 0 Å². The van der Waals surface area contributed by atoms with E-state index in [0.717, 1.165) is 34.0 Å². The third-order valence-corrected chi connectivity index (χ3v) is 7.85. The number of sulfone groups is 1. The number of hydrogen-bond donors (Lipinski definition) is 2. The van der Waals surface area contributed by atoms with Gasteiger partial charge in [-0.1, -0.05) is 41.9 Å². The van der Waals surface area contributed by atoms with Crippen LogP contribution in [-0.4, -0.2) is 50.0 Å². The summed E-state index contributed by atoms with van der Waals surface area (Å²) in [5.41, 5.74) is 4.00. The Bertz CT molecular complexity index is 1550. The first-order chi connectivity index (χ1) is 18.0. The van der Waals surface area contributed by atoms with Crippen LogP contribution in [0.4, 0.5) is 0 Å². The lowest BCUT2D eigenvalue weighted by atomic mass is 10.0. The molecule has 0 spiro atoms. The van der Waals surface area contributed by atoms with Gasteiger partial charge >= 0.3 is 5.97 Å². The van der Waals surface area contributed by atoms with Crippen LogP contribution in [0.1, 0.15) is 40.2 Å². The van der Waals surface area contributed by atoms with E-state index in [2.05, 4.69) is 18.3 Å². The standard InChI is InChI=1S/C29H31ClN2O5S/c1-19(31-17-28(33)22-5-4-6-24(30)15-22)13-21-9-12-26-23(14-21)16-27(29(34)37-2)32(26)18-20-7-10-25(11-8-20)38(3,35)36/h4-12,14-16,19,28,31,33H,13,17-18H2,1-3H3. The molecule has 0 bridgehead atoms. The summed E-state index contributed by atoms with van der Waals surface area (Å²) >= 11 is 6.03. The van der Waals surface area contributed by atoms with Gasteiger partial charge in [0.1, 0.15) is 5.69 Å². The lowest BCUT2D eigenvalue weighted by molar-refractivity contribution is 0.0589. The Hall–Kier alpha value is -3.17. The highest BCUT2D eigenvalue weighted by Crippen LogP contribution is 2.25. The lowest BCUT2D eigenvalue weighted by Gasteiger charge is -2.18. The van der Waals surface area contributed by atoms with Crippen LogP contribution in [0, 0.1) is 0 Å². The molecule has 0 fully saturated rings. The molecule has 0 saturated heterocycles. The van der Waals surface area contributed by atoms with Crippen molar-refractivity contribution < 1.29 is 23.1 Å². The normalized spacial score (nSPS) is 13.4. The SMILES string of the molecule is COC(=O)c1cc2cc(CC(C)NCC(O)c3cccc(Cl)c3)ccc2n1Cc1ccc(S(C)(=O)=O)cc1. The van der Waals surface area contributed by atoms with E-state index in [4.69, 9.17) is 16.3 Å². The molecule has 4 aromatic rings.